The maximum atomic E-state index is 11.7. The maximum Gasteiger partial charge on any atom is 0.303 e. The smallest absolute Gasteiger partial charge is 0.303 e. The van der Waals surface area contributed by atoms with Crippen LogP contribution >= 0.6 is 11.9 Å². The molecule has 2 rings (SSSR count). The molecule has 2 aliphatic heterocycles. The highest BCUT2D eigenvalue weighted by Gasteiger charge is 2.47. The highest BCUT2D eigenvalue weighted by Crippen LogP contribution is 2.48. The van der Waals surface area contributed by atoms with Crippen LogP contribution in [0.2, 0.25) is 0 Å². The maximum absolute atomic E-state index is 11.7. The third-order valence-corrected chi connectivity index (χ3v) is 4.06. The minimum Gasteiger partial charge on any atom is -0.456 e. The van der Waals surface area contributed by atoms with Crippen LogP contribution in [0, 0.1) is 0 Å². The number of β-lactam (4-membered cyclic amide) rings is 1. The number of carbonyl (C=O) groups is 2. The fourth-order valence-electron chi connectivity index (χ4n) is 2.31. The van der Waals surface area contributed by atoms with Gasteiger partial charge >= 0.3 is 5.97 Å². The highest BCUT2D eigenvalue weighted by molar-refractivity contribution is 8.01. The number of hydrogen-bond donors (Lipinski definition) is 0. The fraction of sp³-hybridized carbons (Fsp3) is 0.538. The van der Waals surface area contributed by atoms with Crippen LogP contribution in [0.1, 0.15) is 34.1 Å². The van der Waals surface area contributed by atoms with Crippen molar-refractivity contribution in [3.63, 3.8) is 0 Å². The molecular weight excluding hydrogens is 250 g/mol. The van der Waals surface area contributed by atoms with Crippen molar-refractivity contribution < 1.29 is 14.3 Å². The standard InChI is InChI=1S/C13H17NO3S/c1-5-10-11-6-9(18-14(11)12(10)16)7-13(3,4)17-8(2)15/h5,7,11H,6H2,1-4H3. The Morgan fingerprint density at radius 3 is 2.78 bits per heavy atom. The number of amides is 1. The van der Waals surface area contributed by atoms with Crippen molar-refractivity contribution in [1.82, 2.24) is 4.31 Å². The van der Waals surface area contributed by atoms with Gasteiger partial charge in [-0.25, -0.2) is 0 Å². The molecule has 18 heavy (non-hydrogen) atoms. The Balaban J connectivity index is 2.10. The zero-order valence-electron chi connectivity index (χ0n) is 11.0. The van der Waals surface area contributed by atoms with Crippen LogP contribution in [0.4, 0.5) is 0 Å². The molecule has 2 saturated heterocycles. The first-order valence-corrected chi connectivity index (χ1v) is 6.70. The number of fused-ring (bicyclic) bond motifs is 1. The quantitative estimate of drug-likeness (QED) is 0.334. The molecule has 0 aromatic carbocycles. The Bertz CT molecular complexity index is 465. The summed E-state index contributed by atoms with van der Waals surface area (Å²) < 4.78 is 7.01. The second-order valence-electron chi connectivity index (χ2n) is 4.99. The Morgan fingerprint density at radius 2 is 2.22 bits per heavy atom. The Hall–Kier alpha value is -1.23. The van der Waals surface area contributed by atoms with E-state index in [2.05, 4.69) is 0 Å². The van der Waals surface area contributed by atoms with E-state index in [9.17, 15) is 9.59 Å². The summed E-state index contributed by atoms with van der Waals surface area (Å²) in [5, 5.41) is 0. The van der Waals surface area contributed by atoms with Gasteiger partial charge in [0.15, 0.2) is 0 Å². The molecule has 0 aromatic rings. The second kappa shape index (κ2) is 4.46. The number of esters is 1. The van der Waals surface area contributed by atoms with Gasteiger partial charge in [-0.3, -0.25) is 13.9 Å². The van der Waals surface area contributed by atoms with E-state index in [-0.39, 0.29) is 17.9 Å². The molecule has 0 saturated carbocycles. The molecule has 0 radical (unpaired) electrons. The molecule has 98 valence electrons. The molecule has 0 aromatic heterocycles. The van der Waals surface area contributed by atoms with Crippen molar-refractivity contribution in [2.24, 2.45) is 0 Å². The van der Waals surface area contributed by atoms with Gasteiger partial charge in [0, 0.05) is 23.8 Å². The van der Waals surface area contributed by atoms with Gasteiger partial charge in [0.25, 0.3) is 5.91 Å². The monoisotopic (exact) mass is 267 g/mol. The molecule has 1 atom stereocenters. The topological polar surface area (TPSA) is 46.6 Å². The van der Waals surface area contributed by atoms with Crippen LogP contribution < -0.4 is 0 Å². The van der Waals surface area contributed by atoms with E-state index in [1.54, 1.807) is 4.31 Å². The van der Waals surface area contributed by atoms with Crippen molar-refractivity contribution in [2.75, 3.05) is 0 Å². The summed E-state index contributed by atoms with van der Waals surface area (Å²) in [6.07, 6.45) is 4.63. The third kappa shape index (κ3) is 2.32. The summed E-state index contributed by atoms with van der Waals surface area (Å²) in [5.74, 6) is -0.200. The van der Waals surface area contributed by atoms with E-state index in [4.69, 9.17) is 4.74 Å². The van der Waals surface area contributed by atoms with Crippen LogP contribution in [0.3, 0.4) is 0 Å². The number of rotatable bonds is 2. The minimum absolute atomic E-state index is 0.0983. The number of hydrogen-bond acceptors (Lipinski definition) is 4. The molecule has 2 aliphatic rings. The Labute approximate surface area is 111 Å². The van der Waals surface area contributed by atoms with Crippen LogP contribution in [-0.4, -0.2) is 27.8 Å². The number of allylic oxidation sites excluding steroid dienone is 1. The van der Waals surface area contributed by atoms with E-state index in [1.165, 1.54) is 18.9 Å². The predicted molar refractivity (Wildman–Crippen MR) is 70.5 cm³/mol. The summed E-state index contributed by atoms with van der Waals surface area (Å²) in [6, 6.07) is 0.201. The summed E-state index contributed by atoms with van der Waals surface area (Å²) in [6.45, 7) is 6.97. The third-order valence-electron chi connectivity index (χ3n) is 2.93. The largest absolute Gasteiger partial charge is 0.456 e. The number of ether oxygens (including phenoxy) is 1. The van der Waals surface area contributed by atoms with Gasteiger partial charge < -0.3 is 4.74 Å². The molecule has 0 aliphatic carbocycles. The van der Waals surface area contributed by atoms with Gasteiger partial charge in [0.1, 0.15) is 5.60 Å². The molecule has 0 bridgehead atoms. The van der Waals surface area contributed by atoms with Crippen LogP contribution in [-0.2, 0) is 14.3 Å². The van der Waals surface area contributed by atoms with E-state index >= 15 is 0 Å². The zero-order chi connectivity index (χ0) is 13.5. The van der Waals surface area contributed by atoms with Crippen LogP contribution in [0.15, 0.2) is 22.6 Å². The summed E-state index contributed by atoms with van der Waals surface area (Å²) >= 11 is 1.45. The molecule has 1 unspecified atom stereocenters. The molecule has 5 heteroatoms. The Kier molecular flexibility index (Phi) is 3.27. The molecule has 0 spiro atoms. The van der Waals surface area contributed by atoms with Crippen LogP contribution in [0.5, 0.6) is 0 Å². The number of nitrogens with zero attached hydrogens (tertiary/aromatic N) is 1. The summed E-state index contributed by atoms with van der Waals surface area (Å²) in [7, 11) is 0. The van der Waals surface area contributed by atoms with Crippen molar-refractivity contribution in [3.05, 3.63) is 22.6 Å². The van der Waals surface area contributed by atoms with Crippen molar-refractivity contribution in [2.45, 2.75) is 45.8 Å². The first-order valence-electron chi connectivity index (χ1n) is 5.93. The second-order valence-corrected chi connectivity index (χ2v) is 6.09. The van der Waals surface area contributed by atoms with E-state index in [1.807, 2.05) is 32.9 Å². The lowest BCUT2D eigenvalue weighted by molar-refractivity contribution is -0.149. The molecule has 1 amide bonds. The predicted octanol–water partition coefficient (Wildman–Crippen LogP) is 2.42. The average Bonchev–Trinajstić information content (AvgIpc) is 2.55. The fourth-order valence-corrected chi connectivity index (χ4v) is 3.64. The van der Waals surface area contributed by atoms with Gasteiger partial charge in [-0.2, -0.15) is 0 Å². The molecule has 4 nitrogen and oxygen atoms in total. The SMILES string of the molecule is CC=C1C(=O)N2SC(=CC(C)(C)OC(C)=O)CC12. The molecule has 2 heterocycles. The highest BCUT2D eigenvalue weighted by atomic mass is 32.2. The van der Waals surface area contributed by atoms with Crippen LogP contribution in [0.25, 0.3) is 0 Å². The Morgan fingerprint density at radius 1 is 1.56 bits per heavy atom. The van der Waals surface area contributed by atoms with E-state index < -0.39 is 5.60 Å². The van der Waals surface area contributed by atoms with Crippen molar-refractivity contribution in [1.29, 1.82) is 0 Å². The number of carbonyl (C=O) groups excluding carboxylic acids is 2. The molecular formula is C13H17NO3S. The molecule has 2 fully saturated rings. The minimum atomic E-state index is -0.627. The zero-order valence-corrected chi connectivity index (χ0v) is 11.8. The summed E-state index contributed by atoms with van der Waals surface area (Å²) in [4.78, 5) is 23.8. The van der Waals surface area contributed by atoms with Gasteiger partial charge in [-0.1, -0.05) is 6.08 Å². The first kappa shape index (κ1) is 13.2. The average molecular weight is 267 g/mol. The van der Waals surface area contributed by atoms with Crippen molar-refractivity contribution in [3.8, 4) is 0 Å². The van der Waals surface area contributed by atoms with Gasteiger partial charge in [0.2, 0.25) is 0 Å². The van der Waals surface area contributed by atoms with E-state index in [0.29, 0.717) is 0 Å². The lowest BCUT2D eigenvalue weighted by Gasteiger charge is -2.34. The van der Waals surface area contributed by atoms with Gasteiger partial charge in [-0.05, 0) is 38.8 Å². The summed E-state index contributed by atoms with van der Waals surface area (Å²) in [5.41, 5.74) is 0.259. The lowest BCUT2D eigenvalue weighted by Crippen LogP contribution is -2.47. The van der Waals surface area contributed by atoms with E-state index in [0.717, 1.165) is 16.9 Å². The normalized spacial score (nSPS) is 27.4. The van der Waals surface area contributed by atoms with Gasteiger partial charge in [0.05, 0.1) is 6.04 Å². The van der Waals surface area contributed by atoms with Gasteiger partial charge in [-0.15, -0.1) is 0 Å². The molecule has 0 N–H and O–H groups in total. The van der Waals surface area contributed by atoms with Crippen molar-refractivity contribution >= 4 is 23.8 Å². The first-order chi connectivity index (χ1) is 8.34. The lowest BCUT2D eigenvalue weighted by atomic mass is 9.94.